The van der Waals surface area contributed by atoms with E-state index in [1.54, 1.807) is 36.4 Å². The lowest BCUT2D eigenvalue weighted by atomic mass is 9.87. The summed E-state index contributed by atoms with van der Waals surface area (Å²) in [7, 11) is 1.51. The van der Waals surface area contributed by atoms with Crippen molar-refractivity contribution in [3.8, 4) is 11.8 Å². The SMILES string of the molecule is COc1ccccc1NC(=O)CSC1=C(C#N)[C@H](c2ccc(F)cc2)CC(=O)N1. The molecule has 1 heterocycles. The van der Waals surface area contributed by atoms with Crippen LogP contribution in [-0.2, 0) is 9.59 Å². The molecule has 2 amide bonds. The number of hydrogen-bond acceptors (Lipinski definition) is 5. The summed E-state index contributed by atoms with van der Waals surface area (Å²) in [5.74, 6) is -0.901. The number of benzene rings is 2. The van der Waals surface area contributed by atoms with Crippen molar-refractivity contribution < 1.29 is 18.7 Å². The van der Waals surface area contributed by atoms with Gasteiger partial charge >= 0.3 is 0 Å². The number of para-hydroxylation sites is 2. The number of allylic oxidation sites excluding steroid dienone is 1. The third-order valence-corrected chi connectivity index (χ3v) is 5.37. The molecule has 3 rings (SSSR count). The van der Waals surface area contributed by atoms with Crippen molar-refractivity contribution in [2.24, 2.45) is 0 Å². The van der Waals surface area contributed by atoms with E-state index >= 15 is 0 Å². The van der Waals surface area contributed by atoms with Crippen LogP contribution < -0.4 is 15.4 Å². The zero-order valence-electron chi connectivity index (χ0n) is 15.6. The fourth-order valence-electron chi connectivity index (χ4n) is 2.98. The Balaban J connectivity index is 1.75. The first-order chi connectivity index (χ1) is 14.0. The van der Waals surface area contributed by atoms with E-state index in [1.807, 2.05) is 0 Å². The van der Waals surface area contributed by atoms with E-state index in [2.05, 4.69) is 16.7 Å². The lowest BCUT2D eigenvalue weighted by Gasteiger charge is -2.25. The number of methoxy groups -OCH3 is 1. The first-order valence-electron chi connectivity index (χ1n) is 8.77. The molecule has 0 saturated heterocycles. The van der Waals surface area contributed by atoms with Gasteiger partial charge in [0.05, 0.1) is 35.2 Å². The molecule has 0 bridgehead atoms. The summed E-state index contributed by atoms with van der Waals surface area (Å²) in [5.41, 5.74) is 1.56. The number of rotatable bonds is 6. The molecule has 1 atom stereocenters. The molecule has 6 nitrogen and oxygen atoms in total. The number of anilines is 1. The van der Waals surface area contributed by atoms with Crippen molar-refractivity contribution in [1.29, 1.82) is 5.26 Å². The normalized spacial score (nSPS) is 16.0. The van der Waals surface area contributed by atoms with E-state index in [1.165, 1.54) is 19.2 Å². The van der Waals surface area contributed by atoms with Gasteiger partial charge in [0, 0.05) is 12.3 Å². The second-order valence-electron chi connectivity index (χ2n) is 6.25. The van der Waals surface area contributed by atoms with Gasteiger partial charge in [0.25, 0.3) is 0 Å². The largest absolute Gasteiger partial charge is 0.495 e. The second-order valence-corrected chi connectivity index (χ2v) is 7.23. The molecule has 0 aliphatic carbocycles. The molecule has 2 aromatic carbocycles. The highest BCUT2D eigenvalue weighted by Gasteiger charge is 2.29. The highest BCUT2D eigenvalue weighted by atomic mass is 32.2. The Bertz CT molecular complexity index is 999. The van der Waals surface area contributed by atoms with Gasteiger partial charge in [-0.3, -0.25) is 9.59 Å². The Hall–Kier alpha value is -3.31. The van der Waals surface area contributed by atoms with Gasteiger partial charge in [0.2, 0.25) is 11.8 Å². The lowest BCUT2D eigenvalue weighted by Crippen LogP contribution is -2.31. The highest BCUT2D eigenvalue weighted by Crippen LogP contribution is 2.36. The van der Waals surface area contributed by atoms with Crippen LogP contribution in [0.3, 0.4) is 0 Å². The first-order valence-corrected chi connectivity index (χ1v) is 9.75. The van der Waals surface area contributed by atoms with Crippen LogP contribution in [0.25, 0.3) is 0 Å². The Labute approximate surface area is 171 Å². The quantitative estimate of drug-likeness (QED) is 0.759. The van der Waals surface area contributed by atoms with Crippen molar-refractivity contribution in [2.45, 2.75) is 12.3 Å². The minimum Gasteiger partial charge on any atom is -0.495 e. The van der Waals surface area contributed by atoms with Crippen LogP contribution >= 0.6 is 11.8 Å². The molecule has 0 unspecified atom stereocenters. The van der Waals surface area contributed by atoms with Gasteiger partial charge in [0.1, 0.15) is 11.6 Å². The van der Waals surface area contributed by atoms with E-state index in [0.717, 1.165) is 11.8 Å². The molecule has 148 valence electrons. The van der Waals surface area contributed by atoms with E-state index < -0.39 is 5.92 Å². The number of hydrogen-bond donors (Lipinski definition) is 2. The van der Waals surface area contributed by atoms with Gasteiger partial charge in [-0.05, 0) is 29.8 Å². The van der Waals surface area contributed by atoms with Crippen molar-refractivity contribution in [1.82, 2.24) is 5.32 Å². The van der Waals surface area contributed by atoms with E-state index in [4.69, 9.17) is 4.74 Å². The molecule has 2 aromatic rings. The third kappa shape index (κ3) is 4.95. The predicted molar refractivity (Wildman–Crippen MR) is 109 cm³/mol. The number of carbonyl (C=O) groups excluding carboxylic acids is 2. The van der Waals surface area contributed by atoms with Gasteiger partial charge in [-0.25, -0.2) is 4.39 Å². The van der Waals surface area contributed by atoms with Gasteiger partial charge in [-0.15, -0.1) is 0 Å². The van der Waals surface area contributed by atoms with Crippen LogP contribution in [0.2, 0.25) is 0 Å². The smallest absolute Gasteiger partial charge is 0.234 e. The number of amides is 2. The summed E-state index contributed by atoms with van der Waals surface area (Å²) >= 11 is 1.07. The Morgan fingerprint density at radius 1 is 1.31 bits per heavy atom. The second kappa shape index (κ2) is 9.26. The number of thioether (sulfide) groups is 1. The van der Waals surface area contributed by atoms with Crippen LogP contribution in [0.4, 0.5) is 10.1 Å². The number of nitrogens with zero attached hydrogens (tertiary/aromatic N) is 1. The van der Waals surface area contributed by atoms with E-state index in [9.17, 15) is 19.2 Å². The number of halogens is 1. The molecule has 1 aliphatic rings. The first kappa shape index (κ1) is 20.4. The van der Waals surface area contributed by atoms with Crippen LogP contribution in [-0.4, -0.2) is 24.7 Å². The van der Waals surface area contributed by atoms with Gasteiger partial charge in [0.15, 0.2) is 0 Å². The summed E-state index contributed by atoms with van der Waals surface area (Å²) in [6.07, 6.45) is 0.0893. The molecule has 0 saturated carbocycles. The fraction of sp³-hybridized carbons (Fsp3) is 0.190. The monoisotopic (exact) mass is 411 g/mol. The summed E-state index contributed by atoms with van der Waals surface area (Å²) in [6.45, 7) is 0. The molecule has 2 N–H and O–H groups in total. The molecule has 8 heteroatoms. The molecule has 1 aliphatic heterocycles. The zero-order chi connectivity index (χ0) is 20.8. The van der Waals surface area contributed by atoms with Crippen LogP contribution in [0.1, 0.15) is 17.9 Å². The standard InChI is InChI=1S/C21H18FN3O3S/c1-28-18-5-3-2-4-17(18)24-20(27)12-29-21-16(11-23)15(10-19(26)25-21)13-6-8-14(22)9-7-13/h2-9,15H,10,12H2,1H3,(H,24,27)(H,25,26)/t15-/m0/s1. The van der Waals surface area contributed by atoms with Crippen molar-refractivity contribution >= 4 is 29.3 Å². The number of carbonyl (C=O) groups is 2. The van der Waals surface area contributed by atoms with Crippen molar-refractivity contribution in [3.05, 3.63) is 70.5 Å². The van der Waals surface area contributed by atoms with E-state index in [-0.39, 0.29) is 29.8 Å². The average molecular weight is 411 g/mol. The molecular weight excluding hydrogens is 393 g/mol. The highest BCUT2D eigenvalue weighted by molar-refractivity contribution is 8.03. The van der Waals surface area contributed by atoms with Gasteiger partial charge in [-0.2, -0.15) is 5.26 Å². The van der Waals surface area contributed by atoms with Crippen molar-refractivity contribution in [2.75, 3.05) is 18.2 Å². The number of nitriles is 1. The number of ether oxygens (including phenoxy) is 1. The summed E-state index contributed by atoms with van der Waals surface area (Å²) < 4.78 is 18.4. The summed E-state index contributed by atoms with van der Waals surface area (Å²) in [5, 5.41) is 15.4. The Kier molecular flexibility index (Phi) is 6.52. The summed E-state index contributed by atoms with van der Waals surface area (Å²) in [4.78, 5) is 24.5. The Morgan fingerprint density at radius 3 is 2.72 bits per heavy atom. The van der Waals surface area contributed by atoms with Gasteiger partial charge < -0.3 is 15.4 Å². The van der Waals surface area contributed by atoms with Crippen molar-refractivity contribution in [3.63, 3.8) is 0 Å². The van der Waals surface area contributed by atoms with Crippen LogP contribution in [0.15, 0.2) is 59.1 Å². The molecule has 0 radical (unpaired) electrons. The molecule has 29 heavy (non-hydrogen) atoms. The van der Waals surface area contributed by atoms with Crippen LogP contribution in [0, 0.1) is 17.1 Å². The number of nitrogens with one attached hydrogen (secondary N) is 2. The topological polar surface area (TPSA) is 91.2 Å². The molecule has 0 aromatic heterocycles. The lowest BCUT2D eigenvalue weighted by molar-refractivity contribution is -0.121. The Morgan fingerprint density at radius 2 is 2.03 bits per heavy atom. The van der Waals surface area contributed by atoms with Gasteiger partial charge in [-0.1, -0.05) is 36.0 Å². The average Bonchev–Trinajstić information content (AvgIpc) is 2.72. The van der Waals surface area contributed by atoms with E-state index in [0.29, 0.717) is 27.6 Å². The summed E-state index contributed by atoms with van der Waals surface area (Å²) in [6, 6.07) is 14.9. The third-order valence-electron chi connectivity index (χ3n) is 4.36. The predicted octanol–water partition coefficient (Wildman–Crippen LogP) is 3.54. The maximum absolute atomic E-state index is 13.2. The molecule has 0 fully saturated rings. The zero-order valence-corrected chi connectivity index (χ0v) is 16.4. The maximum Gasteiger partial charge on any atom is 0.234 e. The maximum atomic E-state index is 13.2. The molecule has 0 spiro atoms. The minimum atomic E-state index is -0.478. The minimum absolute atomic E-state index is 0.00498. The molecular formula is C21H18FN3O3S. The fourth-order valence-corrected chi connectivity index (χ4v) is 3.86. The van der Waals surface area contributed by atoms with Crippen LogP contribution in [0.5, 0.6) is 5.75 Å².